The summed E-state index contributed by atoms with van der Waals surface area (Å²) in [6, 6.07) is 3.81. The second-order valence-corrected chi connectivity index (χ2v) is 4.31. The molecule has 7 nitrogen and oxygen atoms in total. The van der Waals surface area contributed by atoms with E-state index in [1.54, 1.807) is 0 Å². The van der Waals surface area contributed by atoms with Gasteiger partial charge in [-0.15, -0.1) is 0 Å². The molecule has 0 unspecified atom stereocenters. The minimum absolute atomic E-state index is 0.0655. The number of hydrogen-bond acceptors (Lipinski definition) is 6. The van der Waals surface area contributed by atoms with E-state index in [-0.39, 0.29) is 35.9 Å². The van der Waals surface area contributed by atoms with E-state index in [9.17, 15) is 19.8 Å². The maximum atomic E-state index is 12.3. The summed E-state index contributed by atoms with van der Waals surface area (Å²) in [5.41, 5.74) is 0.214. The van der Waals surface area contributed by atoms with Crippen molar-refractivity contribution in [3.8, 4) is 11.5 Å². The number of benzene rings is 1. The number of nitrogens with zero attached hydrogens (tertiary/aromatic N) is 1. The van der Waals surface area contributed by atoms with Gasteiger partial charge in [0.1, 0.15) is 0 Å². The molecule has 21 heavy (non-hydrogen) atoms. The van der Waals surface area contributed by atoms with Crippen molar-refractivity contribution in [2.45, 2.75) is 6.42 Å². The molecule has 7 heteroatoms. The molecule has 0 bridgehead atoms. The van der Waals surface area contributed by atoms with E-state index in [2.05, 4.69) is 4.74 Å². The molecule has 2 N–H and O–H groups in total. The first-order valence-electron chi connectivity index (χ1n) is 6.36. The van der Waals surface area contributed by atoms with Gasteiger partial charge in [-0.25, -0.2) is 0 Å². The van der Waals surface area contributed by atoms with Crippen LogP contribution in [0, 0.1) is 0 Å². The van der Waals surface area contributed by atoms with Crippen LogP contribution in [0.25, 0.3) is 0 Å². The van der Waals surface area contributed by atoms with Crippen molar-refractivity contribution in [1.29, 1.82) is 0 Å². The molecular formula is C14H19NO6. The molecule has 0 heterocycles. The minimum Gasteiger partial charge on any atom is -0.504 e. The van der Waals surface area contributed by atoms with Gasteiger partial charge in [0, 0.05) is 25.8 Å². The number of phenolic OH excluding ortho intramolecular Hbond substituents is 2. The number of hydrogen-bond donors (Lipinski definition) is 2. The van der Waals surface area contributed by atoms with Crippen LogP contribution in [-0.2, 0) is 14.3 Å². The summed E-state index contributed by atoms with van der Waals surface area (Å²) in [4.78, 5) is 24.9. The van der Waals surface area contributed by atoms with Crippen molar-refractivity contribution >= 4 is 11.9 Å². The van der Waals surface area contributed by atoms with Crippen LogP contribution < -0.4 is 0 Å². The van der Waals surface area contributed by atoms with E-state index in [0.717, 1.165) is 0 Å². The predicted molar refractivity (Wildman–Crippen MR) is 74.2 cm³/mol. The number of ether oxygens (including phenoxy) is 2. The van der Waals surface area contributed by atoms with Gasteiger partial charge in [-0.2, -0.15) is 0 Å². The monoisotopic (exact) mass is 297 g/mol. The molecule has 0 saturated heterocycles. The first-order valence-corrected chi connectivity index (χ1v) is 6.36. The van der Waals surface area contributed by atoms with Crippen molar-refractivity contribution in [2.75, 3.05) is 33.9 Å². The lowest BCUT2D eigenvalue weighted by atomic mass is 10.1. The molecular weight excluding hydrogens is 278 g/mol. The molecule has 0 radical (unpaired) electrons. The zero-order valence-corrected chi connectivity index (χ0v) is 12.0. The predicted octanol–water partition coefficient (Wildman–Crippen LogP) is 0.749. The van der Waals surface area contributed by atoms with Gasteiger partial charge in [0.05, 0.1) is 20.1 Å². The van der Waals surface area contributed by atoms with E-state index < -0.39 is 5.97 Å². The molecule has 1 rings (SSSR count). The summed E-state index contributed by atoms with van der Waals surface area (Å²) < 4.78 is 9.48. The van der Waals surface area contributed by atoms with Gasteiger partial charge in [0.2, 0.25) is 0 Å². The number of esters is 1. The highest BCUT2D eigenvalue weighted by atomic mass is 16.5. The smallest absolute Gasteiger partial charge is 0.307 e. The van der Waals surface area contributed by atoms with Crippen LogP contribution in [0.2, 0.25) is 0 Å². The van der Waals surface area contributed by atoms with Gasteiger partial charge in [-0.3, -0.25) is 9.59 Å². The van der Waals surface area contributed by atoms with Crippen LogP contribution >= 0.6 is 0 Å². The highest BCUT2D eigenvalue weighted by Crippen LogP contribution is 2.25. The van der Waals surface area contributed by atoms with Crippen LogP contribution in [0.3, 0.4) is 0 Å². The molecule has 0 aliphatic heterocycles. The Labute approximate surface area is 122 Å². The van der Waals surface area contributed by atoms with Gasteiger partial charge in [-0.05, 0) is 18.2 Å². The Bertz CT molecular complexity index is 502. The van der Waals surface area contributed by atoms with E-state index in [0.29, 0.717) is 13.2 Å². The molecule has 0 aliphatic rings. The molecule has 0 aromatic heterocycles. The van der Waals surface area contributed by atoms with Gasteiger partial charge in [0.25, 0.3) is 5.91 Å². The van der Waals surface area contributed by atoms with Crippen LogP contribution in [0.4, 0.5) is 0 Å². The Hall–Kier alpha value is -2.28. The number of methoxy groups -OCH3 is 2. The minimum atomic E-state index is -0.418. The SMILES string of the molecule is COCCN(CCC(=O)OC)C(=O)c1ccc(O)c(O)c1. The van der Waals surface area contributed by atoms with Gasteiger partial charge >= 0.3 is 5.97 Å². The number of carbonyl (C=O) groups is 2. The standard InChI is InChI=1S/C14H19NO6/c1-20-8-7-15(6-5-13(18)21-2)14(19)10-3-4-11(16)12(17)9-10/h3-4,9,16-17H,5-8H2,1-2H3. The average molecular weight is 297 g/mol. The Kier molecular flexibility index (Phi) is 6.48. The normalized spacial score (nSPS) is 10.2. The molecule has 0 spiro atoms. The highest BCUT2D eigenvalue weighted by molar-refractivity contribution is 5.95. The summed E-state index contributed by atoms with van der Waals surface area (Å²) in [6.45, 7) is 0.793. The molecule has 0 atom stereocenters. The largest absolute Gasteiger partial charge is 0.504 e. The maximum absolute atomic E-state index is 12.3. The van der Waals surface area contributed by atoms with Crippen molar-refractivity contribution in [1.82, 2.24) is 4.90 Å². The molecule has 0 fully saturated rings. The third kappa shape index (κ3) is 4.96. The first-order chi connectivity index (χ1) is 9.99. The zero-order valence-electron chi connectivity index (χ0n) is 12.0. The lowest BCUT2D eigenvalue weighted by molar-refractivity contribution is -0.140. The fourth-order valence-corrected chi connectivity index (χ4v) is 1.68. The fourth-order valence-electron chi connectivity index (χ4n) is 1.68. The summed E-state index contributed by atoms with van der Waals surface area (Å²) in [5.74, 6) is -1.46. The second-order valence-electron chi connectivity index (χ2n) is 4.31. The molecule has 0 aliphatic carbocycles. The number of aromatic hydroxyl groups is 2. The molecule has 1 aromatic carbocycles. The summed E-state index contributed by atoms with van der Waals surface area (Å²) in [5, 5.41) is 18.7. The van der Waals surface area contributed by atoms with Crippen LogP contribution in [0.15, 0.2) is 18.2 Å². The number of carbonyl (C=O) groups excluding carboxylic acids is 2. The summed E-state index contributed by atoms with van der Waals surface area (Å²) >= 11 is 0. The Morgan fingerprint density at radius 2 is 1.86 bits per heavy atom. The Morgan fingerprint density at radius 1 is 1.14 bits per heavy atom. The van der Waals surface area contributed by atoms with E-state index >= 15 is 0 Å². The topological polar surface area (TPSA) is 96.3 Å². The van der Waals surface area contributed by atoms with Crippen molar-refractivity contribution < 1.29 is 29.3 Å². The van der Waals surface area contributed by atoms with Crippen LogP contribution in [-0.4, -0.2) is 60.9 Å². The van der Waals surface area contributed by atoms with Crippen LogP contribution in [0.1, 0.15) is 16.8 Å². The lowest BCUT2D eigenvalue weighted by Crippen LogP contribution is -2.35. The maximum Gasteiger partial charge on any atom is 0.307 e. The molecule has 1 amide bonds. The van der Waals surface area contributed by atoms with Crippen LogP contribution in [0.5, 0.6) is 11.5 Å². The van der Waals surface area contributed by atoms with Gasteiger partial charge < -0.3 is 24.6 Å². The van der Waals surface area contributed by atoms with Crippen molar-refractivity contribution in [2.24, 2.45) is 0 Å². The van der Waals surface area contributed by atoms with Gasteiger partial charge in [-0.1, -0.05) is 0 Å². The molecule has 116 valence electrons. The van der Waals surface area contributed by atoms with Gasteiger partial charge in [0.15, 0.2) is 11.5 Å². The quantitative estimate of drug-likeness (QED) is 0.569. The Balaban J connectivity index is 2.82. The molecule has 0 saturated carbocycles. The van der Waals surface area contributed by atoms with E-state index in [1.807, 2.05) is 0 Å². The van der Waals surface area contributed by atoms with E-state index in [1.165, 1.54) is 37.3 Å². The number of phenols is 2. The molecule has 1 aromatic rings. The lowest BCUT2D eigenvalue weighted by Gasteiger charge is -2.22. The van der Waals surface area contributed by atoms with Crippen molar-refractivity contribution in [3.63, 3.8) is 0 Å². The third-order valence-electron chi connectivity index (χ3n) is 2.89. The average Bonchev–Trinajstić information content (AvgIpc) is 2.49. The number of amides is 1. The third-order valence-corrected chi connectivity index (χ3v) is 2.89. The number of rotatable bonds is 7. The summed E-state index contributed by atoms with van der Waals surface area (Å²) in [6.07, 6.45) is 0.0655. The second kappa shape index (κ2) is 8.11. The summed E-state index contributed by atoms with van der Waals surface area (Å²) in [7, 11) is 2.79. The zero-order chi connectivity index (χ0) is 15.8. The first kappa shape index (κ1) is 16.8. The fraction of sp³-hybridized carbons (Fsp3) is 0.429. The Morgan fingerprint density at radius 3 is 2.43 bits per heavy atom. The highest BCUT2D eigenvalue weighted by Gasteiger charge is 2.18. The van der Waals surface area contributed by atoms with Crippen molar-refractivity contribution in [3.05, 3.63) is 23.8 Å². The van der Waals surface area contributed by atoms with E-state index in [4.69, 9.17) is 4.74 Å².